The molecule has 22 heavy (non-hydrogen) atoms. The van der Waals surface area contributed by atoms with Crippen molar-refractivity contribution in [3.63, 3.8) is 0 Å². The van der Waals surface area contributed by atoms with Gasteiger partial charge in [-0.05, 0) is 63.1 Å². The lowest BCUT2D eigenvalue weighted by Crippen LogP contribution is -2.48. The number of benzene rings is 1. The second-order valence-electron chi connectivity index (χ2n) is 6.76. The summed E-state index contributed by atoms with van der Waals surface area (Å²) in [6.07, 6.45) is 2.04. The number of aliphatic hydroxyl groups is 2. The Morgan fingerprint density at radius 3 is 2.23 bits per heavy atom. The minimum absolute atomic E-state index is 0.152. The van der Waals surface area contributed by atoms with Gasteiger partial charge in [0, 0.05) is 0 Å². The number of carbonyl (C=O) groups excluding carboxylic acids is 1. The molecule has 2 aliphatic rings. The summed E-state index contributed by atoms with van der Waals surface area (Å²) in [5.41, 5.74) is 3.71. The fraction of sp³-hybridized carbons (Fsp3) is 0.500. The lowest BCUT2D eigenvalue weighted by atomic mass is 9.79. The predicted octanol–water partition coefficient (Wildman–Crippen LogP) is 2.68. The van der Waals surface area contributed by atoms with Gasteiger partial charge < -0.3 is 15.5 Å². The van der Waals surface area contributed by atoms with E-state index in [4.69, 9.17) is 0 Å². The maximum Gasteiger partial charge on any atom is 0.256 e. The number of hydrogen-bond acceptors (Lipinski definition) is 3. The molecule has 118 valence electrons. The normalized spacial score (nSPS) is 28.4. The second-order valence-corrected chi connectivity index (χ2v) is 6.76. The molecular weight excluding hydrogens is 278 g/mol. The number of amides is 1. The van der Waals surface area contributed by atoms with E-state index < -0.39 is 5.54 Å². The predicted molar refractivity (Wildman–Crippen MR) is 85.6 cm³/mol. The molecule has 1 saturated carbocycles. The number of nitrogens with one attached hydrogen (secondary N) is 1. The third-order valence-electron chi connectivity index (χ3n) is 5.01. The molecule has 0 saturated heterocycles. The SMILES string of the molecule is Cc1cc(C)c(C2=C(O)C3(CCC(O)CC3)NC2=O)c(C)c1. The first-order valence-corrected chi connectivity index (χ1v) is 7.86. The number of aryl methyl sites for hydroxylation is 3. The van der Waals surface area contributed by atoms with Crippen LogP contribution in [0.2, 0.25) is 0 Å². The van der Waals surface area contributed by atoms with Gasteiger partial charge in [-0.15, -0.1) is 0 Å². The van der Waals surface area contributed by atoms with Crippen LogP contribution in [-0.4, -0.2) is 27.8 Å². The molecule has 1 aromatic rings. The summed E-state index contributed by atoms with van der Waals surface area (Å²) >= 11 is 0. The fourth-order valence-electron chi connectivity index (χ4n) is 3.95. The highest BCUT2D eigenvalue weighted by molar-refractivity contribution is 6.23. The van der Waals surface area contributed by atoms with Crippen LogP contribution in [0.5, 0.6) is 0 Å². The zero-order valence-electron chi connectivity index (χ0n) is 13.4. The van der Waals surface area contributed by atoms with Crippen molar-refractivity contribution in [2.24, 2.45) is 0 Å². The highest BCUT2D eigenvalue weighted by atomic mass is 16.3. The van der Waals surface area contributed by atoms with Crippen molar-refractivity contribution < 1.29 is 15.0 Å². The van der Waals surface area contributed by atoms with Crippen LogP contribution in [0.15, 0.2) is 17.9 Å². The first-order valence-electron chi connectivity index (χ1n) is 7.86. The number of aliphatic hydroxyl groups excluding tert-OH is 2. The molecule has 0 bridgehead atoms. The van der Waals surface area contributed by atoms with E-state index in [1.165, 1.54) is 0 Å². The Kier molecular flexibility index (Phi) is 3.52. The summed E-state index contributed by atoms with van der Waals surface area (Å²) in [6.45, 7) is 5.97. The van der Waals surface area contributed by atoms with E-state index in [-0.39, 0.29) is 17.8 Å². The molecule has 0 aromatic heterocycles. The van der Waals surface area contributed by atoms with Crippen molar-refractivity contribution in [2.45, 2.75) is 58.1 Å². The zero-order chi connectivity index (χ0) is 16.1. The van der Waals surface area contributed by atoms with Gasteiger partial charge in [-0.25, -0.2) is 0 Å². The number of carbonyl (C=O) groups is 1. The van der Waals surface area contributed by atoms with E-state index in [9.17, 15) is 15.0 Å². The van der Waals surface area contributed by atoms with Crippen molar-refractivity contribution in [1.82, 2.24) is 5.32 Å². The Labute approximate surface area is 130 Å². The van der Waals surface area contributed by atoms with Crippen molar-refractivity contribution in [3.05, 3.63) is 40.1 Å². The van der Waals surface area contributed by atoms with E-state index in [2.05, 4.69) is 5.32 Å². The fourth-order valence-corrected chi connectivity index (χ4v) is 3.95. The average molecular weight is 301 g/mol. The van der Waals surface area contributed by atoms with Gasteiger partial charge in [0.1, 0.15) is 5.76 Å². The lowest BCUT2D eigenvalue weighted by molar-refractivity contribution is -0.116. The number of rotatable bonds is 1. The third kappa shape index (κ3) is 2.22. The summed E-state index contributed by atoms with van der Waals surface area (Å²) in [4.78, 5) is 12.5. The van der Waals surface area contributed by atoms with Gasteiger partial charge in [-0.2, -0.15) is 0 Å². The Hall–Kier alpha value is -1.81. The van der Waals surface area contributed by atoms with Crippen molar-refractivity contribution in [3.8, 4) is 0 Å². The van der Waals surface area contributed by atoms with Crippen LogP contribution in [0.1, 0.15) is 47.9 Å². The maximum atomic E-state index is 12.5. The highest BCUT2D eigenvalue weighted by Gasteiger charge is 2.48. The first-order chi connectivity index (χ1) is 10.3. The maximum absolute atomic E-state index is 12.5. The lowest BCUT2D eigenvalue weighted by Gasteiger charge is -2.35. The van der Waals surface area contributed by atoms with Gasteiger partial charge in [0.2, 0.25) is 0 Å². The van der Waals surface area contributed by atoms with E-state index in [0.717, 1.165) is 22.3 Å². The van der Waals surface area contributed by atoms with E-state index in [1.807, 2.05) is 32.9 Å². The largest absolute Gasteiger partial charge is 0.509 e. The molecule has 1 heterocycles. The molecular formula is C18H23NO3. The van der Waals surface area contributed by atoms with E-state index in [1.54, 1.807) is 0 Å². The Morgan fingerprint density at radius 1 is 1.14 bits per heavy atom. The summed E-state index contributed by atoms with van der Waals surface area (Å²) in [7, 11) is 0. The summed E-state index contributed by atoms with van der Waals surface area (Å²) in [5.74, 6) is -0.0524. The average Bonchev–Trinajstić information content (AvgIpc) is 2.66. The summed E-state index contributed by atoms with van der Waals surface area (Å²) < 4.78 is 0. The molecule has 0 radical (unpaired) electrons. The number of hydrogen-bond donors (Lipinski definition) is 3. The molecule has 4 heteroatoms. The molecule has 1 amide bonds. The van der Waals surface area contributed by atoms with Gasteiger partial charge in [0.15, 0.2) is 0 Å². The Balaban J connectivity index is 2.10. The monoisotopic (exact) mass is 301 g/mol. The molecule has 3 N–H and O–H groups in total. The van der Waals surface area contributed by atoms with Crippen LogP contribution >= 0.6 is 0 Å². The third-order valence-corrected chi connectivity index (χ3v) is 5.01. The molecule has 0 unspecified atom stereocenters. The van der Waals surface area contributed by atoms with Crippen molar-refractivity contribution >= 4 is 11.5 Å². The summed E-state index contributed by atoms with van der Waals surface area (Å²) in [6, 6.07) is 4.07. The van der Waals surface area contributed by atoms with Gasteiger partial charge >= 0.3 is 0 Å². The highest BCUT2D eigenvalue weighted by Crippen LogP contribution is 2.42. The standard InChI is InChI=1S/C18H23NO3/c1-10-8-11(2)14(12(3)9-10)15-16(21)18(19-17(15)22)6-4-13(20)5-7-18/h8-9,13,20-21H,4-7H2,1-3H3,(H,19,22). The first kappa shape index (κ1) is 15.1. The molecule has 1 aromatic carbocycles. The van der Waals surface area contributed by atoms with Gasteiger partial charge in [0.05, 0.1) is 17.2 Å². The van der Waals surface area contributed by atoms with Crippen LogP contribution in [0, 0.1) is 20.8 Å². The molecule has 1 fully saturated rings. The molecule has 1 aliphatic carbocycles. The Morgan fingerprint density at radius 2 is 1.68 bits per heavy atom. The van der Waals surface area contributed by atoms with E-state index in [0.29, 0.717) is 31.3 Å². The van der Waals surface area contributed by atoms with Crippen molar-refractivity contribution in [2.75, 3.05) is 0 Å². The van der Waals surface area contributed by atoms with Crippen LogP contribution in [0.4, 0.5) is 0 Å². The van der Waals surface area contributed by atoms with Gasteiger partial charge in [-0.3, -0.25) is 4.79 Å². The van der Waals surface area contributed by atoms with Crippen LogP contribution < -0.4 is 5.32 Å². The summed E-state index contributed by atoms with van der Waals surface area (Å²) in [5, 5.41) is 23.5. The smallest absolute Gasteiger partial charge is 0.256 e. The van der Waals surface area contributed by atoms with Crippen LogP contribution in [-0.2, 0) is 4.79 Å². The quantitative estimate of drug-likeness (QED) is 0.747. The van der Waals surface area contributed by atoms with E-state index >= 15 is 0 Å². The van der Waals surface area contributed by atoms with Crippen molar-refractivity contribution in [1.29, 1.82) is 0 Å². The molecule has 1 spiro atoms. The van der Waals surface area contributed by atoms with Crippen LogP contribution in [0.3, 0.4) is 0 Å². The van der Waals surface area contributed by atoms with Gasteiger partial charge in [0.25, 0.3) is 5.91 Å². The minimum atomic E-state index is -0.685. The topological polar surface area (TPSA) is 69.6 Å². The molecule has 1 aliphatic heterocycles. The Bertz CT molecular complexity index is 644. The molecule has 0 atom stereocenters. The van der Waals surface area contributed by atoms with Crippen LogP contribution in [0.25, 0.3) is 5.57 Å². The molecule has 4 nitrogen and oxygen atoms in total. The second kappa shape index (κ2) is 5.13. The molecule has 3 rings (SSSR count). The van der Waals surface area contributed by atoms with Gasteiger partial charge in [-0.1, -0.05) is 17.7 Å². The minimum Gasteiger partial charge on any atom is -0.509 e. The zero-order valence-corrected chi connectivity index (χ0v) is 13.4.